The average Bonchev–Trinajstić information content (AvgIpc) is 3.29. The predicted octanol–water partition coefficient (Wildman–Crippen LogP) is 11.9. The minimum absolute atomic E-state index is 0.538. The first-order valence-electron chi connectivity index (χ1n) is 18.2. The molecule has 0 aliphatic rings. The topological polar surface area (TPSA) is 81.7 Å². The summed E-state index contributed by atoms with van der Waals surface area (Å²) in [4.78, 5) is 33.8. The van der Waals surface area contributed by atoms with Crippen LogP contribution in [0.2, 0.25) is 0 Å². The molecule has 0 aliphatic carbocycles. The van der Waals surface area contributed by atoms with Gasteiger partial charge in [-0.15, -0.1) is 0 Å². The first kappa shape index (κ1) is 33.9. The van der Waals surface area contributed by atoms with Gasteiger partial charge in [0.1, 0.15) is 0 Å². The first-order valence-corrected chi connectivity index (χ1v) is 18.2. The third kappa shape index (κ3) is 6.94. The number of nitrogens with zero attached hydrogens (tertiary/aromatic N) is 7. The Morgan fingerprint density at radius 1 is 0.268 bits per heavy atom. The van der Waals surface area contributed by atoms with Gasteiger partial charge in [-0.25, -0.2) is 34.7 Å². The van der Waals surface area contributed by atoms with Crippen LogP contribution in [-0.4, -0.2) is 29.9 Å². The number of hydrogen-bond donors (Lipinski definition) is 0. The van der Waals surface area contributed by atoms with E-state index in [0.717, 1.165) is 55.6 Å². The van der Waals surface area contributed by atoms with Crippen LogP contribution in [0, 0.1) is 6.57 Å². The van der Waals surface area contributed by atoms with Gasteiger partial charge in [-0.3, -0.25) is 0 Å². The molecule has 0 saturated carbocycles. The molecule has 0 N–H and O–H groups in total. The van der Waals surface area contributed by atoms with Crippen LogP contribution in [0.15, 0.2) is 188 Å². The number of aromatic nitrogens is 6. The SMILES string of the molecule is [C-]#[N+]c1cccc(-c2ccc(-c3nc(-c4ccccc4)nc(-c4ccccc4)n3)cc2-c2ccccc2-c2nc(-c3ccccc3)nc(-c3ccccc3)n2)c1. The molecule has 7 heteroatoms. The third-order valence-electron chi connectivity index (χ3n) is 9.42. The Bertz CT molecular complexity index is 2740. The lowest BCUT2D eigenvalue weighted by Crippen LogP contribution is -2.02. The summed E-state index contributed by atoms with van der Waals surface area (Å²) >= 11 is 0. The number of benzene rings is 7. The van der Waals surface area contributed by atoms with Crippen LogP contribution in [0.1, 0.15) is 0 Å². The van der Waals surface area contributed by atoms with E-state index < -0.39 is 0 Å². The van der Waals surface area contributed by atoms with Crippen LogP contribution in [0.25, 0.3) is 95.4 Å². The molecule has 0 aliphatic heterocycles. The maximum absolute atomic E-state index is 7.76. The molecular weight excluding hydrogens is 687 g/mol. The lowest BCUT2D eigenvalue weighted by atomic mass is 9.89. The van der Waals surface area contributed by atoms with Crippen molar-refractivity contribution in [1.29, 1.82) is 0 Å². The standard InChI is InChI=1S/C49H31N7/c1-50-39-26-16-25-37(31-39)40-30-29-38(48-53-44(33-17-6-2-7-18-33)51-45(54-48)34-19-8-3-9-20-34)32-43(40)41-27-14-15-28-42(41)49-55-46(35-21-10-4-11-22-35)52-47(56-49)36-23-12-5-13-24-36/h2-32H. The van der Waals surface area contributed by atoms with E-state index in [0.29, 0.717) is 40.6 Å². The van der Waals surface area contributed by atoms with Crippen LogP contribution in [0.4, 0.5) is 5.69 Å². The first-order chi connectivity index (χ1) is 27.7. The zero-order chi connectivity index (χ0) is 37.7. The summed E-state index contributed by atoms with van der Waals surface area (Å²) in [6, 6.07) is 61.9. The Kier molecular flexibility index (Phi) is 9.18. The molecule has 0 spiro atoms. The quantitative estimate of drug-likeness (QED) is 0.146. The largest absolute Gasteiger partial charge is 0.238 e. The Hall–Kier alpha value is -7.95. The van der Waals surface area contributed by atoms with Crippen LogP contribution in [0.3, 0.4) is 0 Å². The van der Waals surface area contributed by atoms with Crippen LogP contribution in [-0.2, 0) is 0 Å². The highest BCUT2D eigenvalue weighted by Gasteiger charge is 2.20. The highest BCUT2D eigenvalue weighted by molar-refractivity contribution is 5.93. The molecule has 7 nitrogen and oxygen atoms in total. The van der Waals surface area contributed by atoms with E-state index in [1.165, 1.54) is 0 Å². The maximum Gasteiger partial charge on any atom is 0.187 e. The molecule has 0 bridgehead atoms. The third-order valence-corrected chi connectivity index (χ3v) is 9.42. The molecule has 2 aromatic heterocycles. The van der Waals surface area contributed by atoms with Crippen LogP contribution >= 0.6 is 0 Å². The van der Waals surface area contributed by atoms with Crippen molar-refractivity contribution < 1.29 is 0 Å². The van der Waals surface area contributed by atoms with Crippen molar-refractivity contribution >= 4 is 5.69 Å². The van der Waals surface area contributed by atoms with Crippen molar-refractivity contribution in [2.45, 2.75) is 0 Å². The second-order valence-corrected chi connectivity index (χ2v) is 13.0. The zero-order valence-corrected chi connectivity index (χ0v) is 30.0. The molecule has 9 rings (SSSR count). The van der Waals surface area contributed by atoms with E-state index in [4.69, 9.17) is 36.5 Å². The van der Waals surface area contributed by atoms with Crippen LogP contribution < -0.4 is 0 Å². The van der Waals surface area contributed by atoms with Crippen LogP contribution in [0.5, 0.6) is 0 Å². The molecule has 9 aromatic rings. The average molecular weight is 718 g/mol. The summed E-state index contributed by atoms with van der Waals surface area (Å²) in [5, 5.41) is 0. The van der Waals surface area contributed by atoms with Crippen molar-refractivity contribution in [2.75, 3.05) is 0 Å². The summed E-state index contributed by atoms with van der Waals surface area (Å²) in [5.74, 6) is 3.40. The summed E-state index contributed by atoms with van der Waals surface area (Å²) in [5.41, 5.74) is 9.42. The second kappa shape index (κ2) is 15.2. The fraction of sp³-hybridized carbons (Fsp3) is 0. The van der Waals surface area contributed by atoms with Crippen molar-refractivity contribution in [3.8, 4) is 90.6 Å². The highest BCUT2D eigenvalue weighted by Crippen LogP contribution is 2.41. The van der Waals surface area contributed by atoms with E-state index in [1.807, 2.05) is 170 Å². The van der Waals surface area contributed by atoms with E-state index in [-0.39, 0.29) is 0 Å². The normalized spacial score (nSPS) is 10.8. The van der Waals surface area contributed by atoms with Gasteiger partial charge in [-0.1, -0.05) is 176 Å². The summed E-state index contributed by atoms with van der Waals surface area (Å²) in [7, 11) is 0. The van der Waals surface area contributed by atoms with Crippen molar-refractivity contribution in [3.63, 3.8) is 0 Å². The summed E-state index contributed by atoms with van der Waals surface area (Å²) in [6.07, 6.45) is 0. The highest BCUT2D eigenvalue weighted by atomic mass is 15.0. The Morgan fingerprint density at radius 2 is 0.661 bits per heavy atom. The lowest BCUT2D eigenvalue weighted by molar-refractivity contribution is 1.07. The fourth-order valence-corrected chi connectivity index (χ4v) is 6.68. The van der Waals surface area contributed by atoms with Gasteiger partial charge in [-0.2, -0.15) is 0 Å². The number of rotatable bonds is 8. The van der Waals surface area contributed by atoms with Gasteiger partial charge in [0.05, 0.1) is 6.57 Å². The predicted molar refractivity (Wildman–Crippen MR) is 223 cm³/mol. The molecule has 2 heterocycles. The number of hydrogen-bond acceptors (Lipinski definition) is 6. The Labute approximate surface area is 324 Å². The fourth-order valence-electron chi connectivity index (χ4n) is 6.68. The maximum atomic E-state index is 7.76. The van der Waals surface area contributed by atoms with Gasteiger partial charge >= 0.3 is 0 Å². The molecule has 0 amide bonds. The zero-order valence-electron chi connectivity index (χ0n) is 30.0. The van der Waals surface area contributed by atoms with E-state index in [2.05, 4.69) is 23.0 Å². The van der Waals surface area contributed by atoms with Gasteiger partial charge in [0.2, 0.25) is 0 Å². The minimum Gasteiger partial charge on any atom is -0.238 e. The molecule has 0 atom stereocenters. The van der Waals surface area contributed by atoms with Gasteiger partial charge in [0, 0.05) is 33.4 Å². The Morgan fingerprint density at radius 3 is 1.12 bits per heavy atom. The van der Waals surface area contributed by atoms with E-state index >= 15 is 0 Å². The summed E-state index contributed by atoms with van der Waals surface area (Å²) < 4.78 is 0. The van der Waals surface area contributed by atoms with Gasteiger partial charge in [0.25, 0.3) is 0 Å². The summed E-state index contributed by atoms with van der Waals surface area (Å²) in [6.45, 7) is 7.76. The molecule has 0 radical (unpaired) electrons. The van der Waals surface area contributed by atoms with Gasteiger partial charge < -0.3 is 0 Å². The second-order valence-electron chi connectivity index (χ2n) is 13.0. The molecular formula is C49H31N7. The molecule has 56 heavy (non-hydrogen) atoms. The molecule has 0 fully saturated rings. The monoisotopic (exact) mass is 717 g/mol. The smallest absolute Gasteiger partial charge is 0.187 e. The van der Waals surface area contributed by atoms with Gasteiger partial charge in [-0.05, 0) is 34.4 Å². The Balaban J connectivity index is 1.28. The van der Waals surface area contributed by atoms with E-state index in [9.17, 15) is 0 Å². The van der Waals surface area contributed by atoms with Crippen molar-refractivity contribution in [3.05, 3.63) is 199 Å². The minimum atomic E-state index is 0.538. The van der Waals surface area contributed by atoms with E-state index in [1.54, 1.807) is 0 Å². The van der Waals surface area contributed by atoms with Gasteiger partial charge in [0.15, 0.2) is 40.6 Å². The van der Waals surface area contributed by atoms with Crippen molar-refractivity contribution in [1.82, 2.24) is 29.9 Å². The molecule has 7 aromatic carbocycles. The van der Waals surface area contributed by atoms with Crippen molar-refractivity contribution in [2.24, 2.45) is 0 Å². The molecule has 0 unspecified atom stereocenters. The lowest BCUT2D eigenvalue weighted by Gasteiger charge is -2.17. The molecule has 0 saturated heterocycles. The molecule has 262 valence electrons.